The molecule has 0 aliphatic carbocycles. The Morgan fingerprint density at radius 2 is 2.08 bits per heavy atom. The molecule has 2 heterocycles. The van der Waals surface area contributed by atoms with Crippen molar-refractivity contribution in [3.05, 3.63) is 54.7 Å². The number of hydrogen-bond acceptors (Lipinski definition) is 5. The van der Waals surface area contributed by atoms with Crippen LogP contribution in [0.1, 0.15) is 5.56 Å². The minimum Gasteiger partial charge on any atom is -0.387 e. The summed E-state index contributed by atoms with van der Waals surface area (Å²) in [6.45, 7) is 1.71. The van der Waals surface area contributed by atoms with E-state index in [1.807, 2.05) is 30.5 Å². The predicted molar refractivity (Wildman–Crippen MR) is 99.3 cm³/mol. The zero-order valence-electron chi connectivity index (χ0n) is 12.4. The smallest absolute Gasteiger partial charge is 0.387 e. The molecule has 1 N–H and O–H groups in total. The second-order valence-corrected chi connectivity index (χ2v) is 7.62. The molecule has 0 aliphatic heterocycles. The normalized spacial score (nSPS) is 10.8. The summed E-state index contributed by atoms with van der Waals surface area (Å²) in [6.07, 6.45) is 0. The molecule has 0 spiro atoms. The van der Waals surface area contributed by atoms with Crippen molar-refractivity contribution < 1.29 is 9.21 Å². The number of thiophene rings is 1. The van der Waals surface area contributed by atoms with E-state index in [2.05, 4.69) is 42.3 Å². The third kappa shape index (κ3) is 3.68. The van der Waals surface area contributed by atoms with E-state index in [0.717, 1.165) is 24.1 Å². The van der Waals surface area contributed by atoms with Gasteiger partial charge in [0.15, 0.2) is 0 Å². The number of carbonyl (C=O) groups is 1. The molecule has 0 saturated heterocycles. The summed E-state index contributed by atoms with van der Waals surface area (Å²) in [5.74, 6) is -0.843. The number of halogens is 2. The van der Waals surface area contributed by atoms with E-state index in [4.69, 9.17) is 4.42 Å². The van der Waals surface area contributed by atoms with Crippen molar-refractivity contribution in [2.45, 2.75) is 13.5 Å². The Morgan fingerprint density at radius 3 is 2.71 bits per heavy atom. The molecule has 3 aromatic rings. The molecule has 3 rings (SSSR count). The maximum atomic E-state index is 12.2. The molecule has 0 saturated carbocycles. The van der Waals surface area contributed by atoms with Crippen molar-refractivity contribution in [3.63, 3.8) is 0 Å². The molecule has 24 heavy (non-hydrogen) atoms. The lowest BCUT2D eigenvalue weighted by molar-refractivity contribution is -0.117. The van der Waals surface area contributed by atoms with Crippen molar-refractivity contribution >= 4 is 54.8 Å². The van der Waals surface area contributed by atoms with Gasteiger partial charge < -0.3 is 9.73 Å². The lowest BCUT2D eigenvalue weighted by atomic mass is 10.2. The number of aryl methyl sites for hydroxylation is 1. The molecule has 0 unspecified atom stereocenters. The lowest BCUT2D eigenvalue weighted by Crippen LogP contribution is -2.26. The number of rotatable bonds is 4. The number of hydrogen-bond donors (Lipinski definition) is 1. The lowest BCUT2D eigenvalue weighted by Gasteiger charge is -2.10. The summed E-state index contributed by atoms with van der Waals surface area (Å²) in [5.41, 5.74) is 1.64. The Kier molecular flexibility index (Phi) is 5.02. The first kappa shape index (κ1) is 17.1. The Hall–Kier alpha value is -1.71. The van der Waals surface area contributed by atoms with Crippen LogP contribution in [0.25, 0.3) is 10.8 Å². The minimum atomic E-state index is -0.671. The summed E-state index contributed by atoms with van der Waals surface area (Å²) < 4.78 is 7.57. The number of amides is 1. The van der Waals surface area contributed by atoms with Gasteiger partial charge in [0.1, 0.15) is 6.54 Å². The quantitative estimate of drug-likeness (QED) is 0.621. The molecular weight excluding hydrogens is 462 g/mol. The molecule has 0 aliphatic rings. The highest BCUT2D eigenvalue weighted by Gasteiger charge is 2.15. The van der Waals surface area contributed by atoms with E-state index in [1.54, 1.807) is 6.07 Å². The highest BCUT2D eigenvalue weighted by Crippen LogP contribution is 2.32. The summed E-state index contributed by atoms with van der Waals surface area (Å²) in [5, 5.41) is 8.67. The Labute approximate surface area is 157 Å². The zero-order valence-corrected chi connectivity index (χ0v) is 16.4. The second-order valence-electron chi connectivity index (χ2n) is 4.96. The van der Waals surface area contributed by atoms with Crippen LogP contribution < -0.4 is 11.1 Å². The molecule has 0 fully saturated rings. The van der Waals surface area contributed by atoms with E-state index in [-0.39, 0.29) is 18.3 Å². The summed E-state index contributed by atoms with van der Waals surface area (Å²) in [7, 11) is 0. The average molecular weight is 473 g/mol. The topological polar surface area (TPSA) is 77.1 Å². The summed E-state index contributed by atoms with van der Waals surface area (Å²) in [4.78, 5) is 24.8. The fourth-order valence-corrected chi connectivity index (χ4v) is 4.30. The summed E-state index contributed by atoms with van der Waals surface area (Å²) >= 11 is 8.22. The largest absolute Gasteiger partial charge is 0.437 e. The van der Waals surface area contributed by atoms with Crippen LogP contribution in [0, 0.1) is 6.92 Å². The van der Waals surface area contributed by atoms with Crippen molar-refractivity contribution in [3.8, 4) is 10.8 Å². The molecule has 0 bridgehead atoms. The Morgan fingerprint density at radius 1 is 1.38 bits per heavy atom. The maximum Gasteiger partial charge on any atom is 0.437 e. The monoisotopic (exact) mass is 471 g/mol. The minimum absolute atomic E-state index is 0.209. The average Bonchev–Trinajstić information content (AvgIpc) is 3.13. The first-order valence-corrected chi connectivity index (χ1v) is 9.28. The zero-order chi connectivity index (χ0) is 17.3. The van der Waals surface area contributed by atoms with Crippen molar-refractivity contribution in [2.24, 2.45) is 0 Å². The van der Waals surface area contributed by atoms with Gasteiger partial charge in [0, 0.05) is 8.95 Å². The maximum absolute atomic E-state index is 12.2. The standard InChI is InChI=1S/C15H11Br2N3O3S/c1-8-5-9(16)13(10(17)6-8)18-12(21)7-20-15(22)23-14(19-20)11-3-2-4-24-11/h2-6H,7H2,1H3,(H,18,21). The Balaban J connectivity index is 1.78. The fourth-order valence-electron chi connectivity index (χ4n) is 2.04. The van der Waals surface area contributed by atoms with Crippen LogP contribution in [0.15, 0.2) is 47.8 Å². The SMILES string of the molecule is Cc1cc(Br)c(NC(=O)Cn2nc(-c3cccs3)oc2=O)c(Br)c1. The summed E-state index contributed by atoms with van der Waals surface area (Å²) in [6, 6.07) is 7.40. The predicted octanol–water partition coefficient (Wildman–Crippen LogP) is 4.04. The van der Waals surface area contributed by atoms with Gasteiger partial charge >= 0.3 is 5.76 Å². The van der Waals surface area contributed by atoms with Gasteiger partial charge in [-0.3, -0.25) is 4.79 Å². The first-order valence-electron chi connectivity index (χ1n) is 6.81. The van der Waals surface area contributed by atoms with E-state index in [0.29, 0.717) is 5.69 Å². The van der Waals surface area contributed by atoms with E-state index in [1.165, 1.54) is 11.3 Å². The van der Waals surface area contributed by atoms with E-state index >= 15 is 0 Å². The Bertz CT molecular complexity index is 924. The number of carbonyl (C=O) groups excluding carboxylic acids is 1. The number of anilines is 1. The molecule has 124 valence electrons. The number of nitrogens with one attached hydrogen (secondary N) is 1. The van der Waals surface area contributed by atoms with Crippen LogP contribution in [-0.4, -0.2) is 15.7 Å². The molecule has 0 radical (unpaired) electrons. The van der Waals surface area contributed by atoms with E-state index < -0.39 is 5.76 Å². The van der Waals surface area contributed by atoms with Crippen LogP contribution in [-0.2, 0) is 11.3 Å². The fraction of sp³-hybridized carbons (Fsp3) is 0.133. The van der Waals surface area contributed by atoms with Crippen LogP contribution in [0.5, 0.6) is 0 Å². The molecule has 1 aromatic carbocycles. The van der Waals surface area contributed by atoms with Crippen LogP contribution in [0.4, 0.5) is 5.69 Å². The highest BCUT2D eigenvalue weighted by atomic mass is 79.9. The van der Waals surface area contributed by atoms with Crippen molar-refractivity contribution in [1.82, 2.24) is 9.78 Å². The molecule has 6 nitrogen and oxygen atoms in total. The van der Waals surface area contributed by atoms with Gasteiger partial charge in [-0.2, -0.15) is 4.68 Å². The molecule has 2 aromatic heterocycles. The molecule has 1 amide bonds. The highest BCUT2D eigenvalue weighted by molar-refractivity contribution is 9.11. The van der Waals surface area contributed by atoms with Gasteiger partial charge in [-0.05, 0) is 67.9 Å². The first-order chi connectivity index (χ1) is 11.4. The van der Waals surface area contributed by atoms with Crippen molar-refractivity contribution in [1.29, 1.82) is 0 Å². The van der Waals surface area contributed by atoms with Gasteiger partial charge in [0.25, 0.3) is 5.89 Å². The second kappa shape index (κ2) is 7.04. The van der Waals surface area contributed by atoms with Gasteiger partial charge in [0.2, 0.25) is 5.91 Å². The van der Waals surface area contributed by atoms with Crippen molar-refractivity contribution in [2.75, 3.05) is 5.32 Å². The van der Waals surface area contributed by atoms with Crippen LogP contribution >= 0.6 is 43.2 Å². The third-order valence-corrected chi connectivity index (χ3v) is 5.19. The van der Waals surface area contributed by atoms with E-state index in [9.17, 15) is 9.59 Å². The molecular formula is C15H11Br2N3O3S. The third-order valence-electron chi connectivity index (χ3n) is 3.08. The van der Waals surface area contributed by atoms with Gasteiger partial charge in [0.05, 0.1) is 10.6 Å². The number of benzene rings is 1. The van der Waals surface area contributed by atoms with Crippen LogP contribution in [0.3, 0.4) is 0 Å². The van der Waals surface area contributed by atoms with Gasteiger partial charge in [-0.15, -0.1) is 16.4 Å². The number of aromatic nitrogens is 2. The van der Waals surface area contributed by atoms with Crippen LogP contribution in [0.2, 0.25) is 0 Å². The molecule has 0 atom stereocenters. The van der Waals surface area contributed by atoms with Gasteiger partial charge in [-0.25, -0.2) is 4.79 Å². The van der Waals surface area contributed by atoms with Gasteiger partial charge in [-0.1, -0.05) is 6.07 Å². The molecule has 9 heteroatoms. The number of nitrogens with zero attached hydrogens (tertiary/aromatic N) is 2.